The fourth-order valence-electron chi connectivity index (χ4n) is 3.06. The van der Waals surface area contributed by atoms with Gasteiger partial charge in [-0.2, -0.15) is 0 Å². The van der Waals surface area contributed by atoms with Crippen molar-refractivity contribution >= 4 is 5.78 Å². The molecule has 0 radical (unpaired) electrons. The Balaban J connectivity index is 2.14. The van der Waals surface area contributed by atoms with Gasteiger partial charge >= 0.3 is 0 Å². The summed E-state index contributed by atoms with van der Waals surface area (Å²) in [6, 6.07) is 4.69. The fourth-order valence-corrected chi connectivity index (χ4v) is 3.06. The summed E-state index contributed by atoms with van der Waals surface area (Å²) in [6.07, 6.45) is 3.61. The summed E-state index contributed by atoms with van der Waals surface area (Å²) in [6.45, 7) is 6.27. The van der Waals surface area contributed by atoms with Crippen molar-refractivity contribution in [1.29, 1.82) is 0 Å². The van der Waals surface area contributed by atoms with Crippen LogP contribution in [0, 0.1) is 24.1 Å². The van der Waals surface area contributed by atoms with Crippen LogP contribution in [0.3, 0.4) is 0 Å². The van der Waals surface area contributed by atoms with E-state index in [0.29, 0.717) is 6.42 Å². The Hall–Kier alpha value is -1.18. The maximum Gasteiger partial charge on any atom is 0.140 e. The molecular weight excluding hydrogens is 227 g/mol. The Morgan fingerprint density at radius 3 is 2.78 bits per heavy atom. The number of carbonyl (C=O) groups excluding carboxylic acids is 1. The Morgan fingerprint density at radius 2 is 2.17 bits per heavy atom. The van der Waals surface area contributed by atoms with Crippen molar-refractivity contribution in [3.63, 3.8) is 0 Å². The molecule has 0 bridgehead atoms. The zero-order valence-corrected chi connectivity index (χ0v) is 11.4. The average Bonchev–Trinajstić information content (AvgIpc) is 2.63. The van der Waals surface area contributed by atoms with Gasteiger partial charge in [0.15, 0.2) is 0 Å². The molecule has 0 heterocycles. The smallest absolute Gasteiger partial charge is 0.140 e. The van der Waals surface area contributed by atoms with Gasteiger partial charge < -0.3 is 0 Å². The summed E-state index contributed by atoms with van der Waals surface area (Å²) in [4.78, 5) is 12.4. The van der Waals surface area contributed by atoms with Crippen LogP contribution in [0.5, 0.6) is 0 Å². The van der Waals surface area contributed by atoms with E-state index in [-0.39, 0.29) is 22.9 Å². The Kier molecular flexibility index (Phi) is 3.56. The van der Waals surface area contributed by atoms with Gasteiger partial charge in [-0.15, -0.1) is 0 Å². The second kappa shape index (κ2) is 4.83. The second-order valence-electron chi connectivity index (χ2n) is 6.15. The van der Waals surface area contributed by atoms with Crippen LogP contribution in [0.1, 0.15) is 44.2 Å². The fraction of sp³-hybridized carbons (Fsp3) is 0.562. The lowest BCUT2D eigenvalue weighted by Gasteiger charge is -2.25. The highest BCUT2D eigenvalue weighted by atomic mass is 19.1. The zero-order chi connectivity index (χ0) is 13.3. The molecule has 98 valence electrons. The standard InChI is InChI=1S/C16H21FO/c1-11-6-7-13(17)9-12(11)10-15(18)14-5-4-8-16(14,2)3/h6-7,9,14H,4-5,8,10H2,1-3H3. The first-order chi connectivity index (χ1) is 8.40. The summed E-state index contributed by atoms with van der Waals surface area (Å²) in [5, 5.41) is 0. The van der Waals surface area contributed by atoms with Gasteiger partial charge in [-0.3, -0.25) is 4.79 Å². The summed E-state index contributed by atoms with van der Waals surface area (Å²) in [5.41, 5.74) is 1.95. The minimum Gasteiger partial charge on any atom is -0.299 e. The first-order valence-electron chi connectivity index (χ1n) is 6.68. The minimum absolute atomic E-state index is 0.109. The summed E-state index contributed by atoms with van der Waals surface area (Å²) in [7, 11) is 0. The van der Waals surface area contributed by atoms with Gasteiger partial charge in [-0.05, 0) is 48.4 Å². The molecule has 0 saturated heterocycles. The zero-order valence-electron chi connectivity index (χ0n) is 11.4. The van der Waals surface area contributed by atoms with E-state index in [4.69, 9.17) is 0 Å². The molecule has 1 unspecified atom stereocenters. The lowest BCUT2D eigenvalue weighted by Crippen LogP contribution is -2.27. The van der Waals surface area contributed by atoms with E-state index < -0.39 is 0 Å². The van der Waals surface area contributed by atoms with E-state index in [1.807, 2.05) is 6.92 Å². The molecule has 1 aliphatic rings. The van der Waals surface area contributed by atoms with Crippen molar-refractivity contribution in [3.05, 3.63) is 35.1 Å². The maximum atomic E-state index is 13.2. The van der Waals surface area contributed by atoms with Gasteiger partial charge in [0.25, 0.3) is 0 Å². The molecule has 0 N–H and O–H groups in total. The average molecular weight is 248 g/mol. The number of hydrogen-bond donors (Lipinski definition) is 0. The van der Waals surface area contributed by atoms with Crippen molar-refractivity contribution in [2.75, 3.05) is 0 Å². The van der Waals surface area contributed by atoms with Crippen molar-refractivity contribution in [2.45, 2.75) is 46.5 Å². The van der Waals surface area contributed by atoms with Gasteiger partial charge in [0, 0.05) is 12.3 Å². The van der Waals surface area contributed by atoms with Crippen LogP contribution >= 0.6 is 0 Å². The van der Waals surface area contributed by atoms with E-state index in [2.05, 4.69) is 13.8 Å². The molecule has 2 rings (SSSR count). The van der Waals surface area contributed by atoms with Crippen molar-refractivity contribution < 1.29 is 9.18 Å². The maximum absolute atomic E-state index is 13.2. The summed E-state index contributed by atoms with van der Waals surface area (Å²) in [5.74, 6) is 0.153. The minimum atomic E-state index is -0.255. The second-order valence-corrected chi connectivity index (χ2v) is 6.15. The van der Waals surface area contributed by atoms with Gasteiger partial charge in [0.05, 0.1) is 0 Å². The molecule has 1 fully saturated rings. The van der Waals surface area contributed by atoms with Crippen LogP contribution in [0.25, 0.3) is 0 Å². The third-order valence-corrected chi connectivity index (χ3v) is 4.32. The van der Waals surface area contributed by atoms with Gasteiger partial charge in [0.1, 0.15) is 11.6 Å². The van der Waals surface area contributed by atoms with Gasteiger partial charge in [-0.25, -0.2) is 4.39 Å². The number of benzene rings is 1. The molecule has 18 heavy (non-hydrogen) atoms. The summed E-state index contributed by atoms with van der Waals surface area (Å²) < 4.78 is 13.2. The van der Waals surface area contributed by atoms with Crippen LogP contribution < -0.4 is 0 Å². The number of halogens is 1. The van der Waals surface area contributed by atoms with Crippen molar-refractivity contribution in [1.82, 2.24) is 0 Å². The van der Waals surface area contributed by atoms with E-state index >= 15 is 0 Å². The van der Waals surface area contributed by atoms with Crippen LogP contribution in [0.15, 0.2) is 18.2 Å². The summed E-state index contributed by atoms with van der Waals surface area (Å²) >= 11 is 0. The highest BCUT2D eigenvalue weighted by Gasteiger charge is 2.38. The van der Waals surface area contributed by atoms with Crippen LogP contribution in [0.2, 0.25) is 0 Å². The molecular formula is C16H21FO. The predicted octanol–water partition coefficient (Wildman–Crippen LogP) is 4.07. The van der Waals surface area contributed by atoms with Crippen molar-refractivity contribution in [2.24, 2.45) is 11.3 Å². The van der Waals surface area contributed by atoms with E-state index in [1.165, 1.54) is 12.1 Å². The molecule has 0 amide bonds. The van der Waals surface area contributed by atoms with E-state index in [9.17, 15) is 9.18 Å². The predicted molar refractivity (Wildman–Crippen MR) is 71.0 cm³/mol. The monoisotopic (exact) mass is 248 g/mol. The molecule has 1 nitrogen and oxygen atoms in total. The highest BCUT2D eigenvalue weighted by Crippen LogP contribution is 2.43. The Bertz CT molecular complexity index is 462. The Labute approximate surface area is 108 Å². The van der Waals surface area contributed by atoms with Crippen LogP contribution in [0.4, 0.5) is 4.39 Å². The molecule has 0 aromatic heterocycles. The number of Topliss-reactive ketones (excluding diaryl/α,β-unsaturated/α-hetero) is 1. The molecule has 1 aromatic rings. The number of ketones is 1. The van der Waals surface area contributed by atoms with Crippen LogP contribution in [-0.2, 0) is 11.2 Å². The quantitative estimate of drug-likeness (QED) is 0.788. The molecule has 1 atom stereocenters. The lowest BCUT2D eigenvalue weighted by molar-refractivity contribution is -0.124. The number of aryl methyl sites for hydroxylation is 1. The molecule has 1 aromatic carbocycles. The lowest BCUT2D eigenvalue weighted by atomic mass is 9.78. The first-order valence-corrected chi connectivity index (χ1v) is 6.68. The molecule has 1 aliphatic carbocycles. The van der Waals surface area contributed by atoms with Crippen molar-refractivity contribution in [3.8, 4) is 0 Å². The number of hydrogen-bond acceptors (Lipinski definition) is 1. The van der Waals surface area contributed by atoms with E-state index in [1.54, 1.807) is 6.07 Å². The third-order valence-electron chi connectivity index (χ3n) is 4.32. The van der Waals surface area contributed by atoms with Gasteiger partial charge in [-0.1, -0.05) is 26.3 Å². The molecule has 2 heteroatoms. The van der Waals surface area contributed by atoms with Gasteiger partial charge in [0.2, 0.25) is 0 Å². The third kappa shape index (κ3) is 2.63. The number of rotatable bonds is 3. The first kappa shape index (κ1) is 13.3. The normalized spacial score (nSPS) is 22.1. The van der Waals surface area contributed by atoms with Crippen LogP contribution in [-0.4, -0.2) is 5.78 Å². The Morgan fingerprint density at radius 1 is 1.44 bits per heavy atom. The largest absolute Gasteiger partial charge is 0.299 e. The molecule has 0 spiro atoms. The molecule has 1 saturated carbocycles. The highest BCUT2D eigenvalue weighted by molar-refractivity contribution is 5.84. The topological polar surface area (TPSA) is 17.1 Å². The SMILES string of the molecule is Cc1ccc(F)cc1CC(=O)C1CCCC1(C)C. The number of carbonyl (C=O) groups is 1. The molecule has 0 aliphatic heterocycles. The van der Waals surface area contributed by atoms with E-state index in [0.717, 1.165) is 30.4 Å².